The maximum absolute atomic E-state index is 13.4. The molecule has 2 unspecified atom stereocenters. The summed E-state index contributed by atoms with van der Waals surface area (Å²) in [4.78, 5) is 0. The van der Waals surface area contributed by atoms with Gasteiger partial charge in [-0.15, -0.1) is 11.8 Å². The second-order valence-electron chi connectivity index (χ2n) is 5.00. The number of ether oxygens (including phenoxy) is 1. The highest BCUT2D eigenvalue weighted by molar-refractivity contribution is 8.00. The van der Waals surface area contributed by atoms with Crippen molar-refractivity contribution in [1.82, 2.24) is 0 Å². The minimum absolute atomic E-state index is 0.0645. The van der Waals surface area contributed by atoms with Crippen LogP contribution < -0.4 is 5.73 Å². The lowest BCUT2D eigenvalue weighted by atomic mass is 10.0. The van der Waals surface area contributed by atoms with E-state index in [4.69, 9.17) is 10.5 Å². The molecule has 0 amide bonds. The molecule has 2 atom stereocenters. The quantitative estimate of drug-likeness (QED) is 0.898. The predicted molar refractivity (Wildman–Crippen MR) is 78.8 cm³/mol. The fraction of sp³-hybridized carbons (Fsp3) is 0.600. The molecule has 0 saturated carbocycles. The van der Waals surface area contributed by atoms with Gasteiger partial charge in [-0.05, 0) is 37.0 Å². The van der Waals surface area contributed by atoms with Crippen molar-refractivity contribution in [1.29, 1.82) is 0 Å². The van der Waals surface area contributed by atoms with Gasteiger partial charge in [0.05, 0.1) is 0 Å². The molecule has 2 nitrogen and oxygen atoms in total. The Hall–Kier alpha value is -0.580. The van der Waals surface area contributed by atoms with Crippen molar-refractivity contribution in [2.45, 2.75) is 42.7 Å². The van der Waals surface area contributed by atoms with Gasteiger partial charge in [0.25, 0.3) is 0 Å². The van der Waals surface area contributed by atoms with Crippen LogP contribution in [0.5, 0.6) is 0 Å². The van der Waals surface area contributed by atoms with E-state index in [1.54, 1.807) is 12.1 Å². The van der Waals surface area contributed by atoms with Crippen LogP contribution in [0.2, 0.25) is 0 Å². The zero-order chi connectivity index (χ0) is 13.7. The summed E-state index contributed by atoms with van der Waals surface area (Å²) < 4.78 is 18.8. The van der Waals surface area contributed by atoms with Gasteiger partial charge in [0.15, 0.2) is 0 Å². The number of hydrogen-bond donors (Lipinski definition) is 1. The van der Waals surface area contributed by atoms with Gasteiger partial charge in [-0.2, -0.15) is 0 Å². The molecular weight excluding hydrogens is 261 g/mol. The molecular formula is C15H22FNOS. The molecule has 0 radical (unpaired) electrons. The monoisotopic (exact) mass is 283 g/mol. The smallest absolute Gasteiger partial charge is 0.123 e. The van der Waals surface area contributed by atoms with Crippen LogP contribution in [-0.2, 0) is 4.74 Å². The minimum atomic E-state index is -0.182. The summed E-state index contributed by atoms with van der Waals surface area (Å²) in [5, 5.41) is 0.739. The van der Waals surface area contributed by atoms with Crippen LogP contribution >= 0.6 is 11.8 Å². The van der Waals surface area contributed by atoms with E-state index >= 15 is 0 Å². The van der Waals surface area contributed by atoms with Gasteiger partial charge in [0.1, 0.15) is 5.82 Å². The van der Waals surface area contributed by atoms with E-state index in [1.807, 2.05) is 17.8 Å². The van der Waals surface area contributed by atoms with Crippen LogP contribution in [0.25, 0.3) is 0 Å². The van der Waals surface area contributed by atoms with Crippen molar-refractivity contribution in [3.63, 3.8) is 0 Å². The summed E-state index contributed by atoms with van der Waals surface area (Å²) in [6.07, 6.45) is 3.03. The molecule has 1 aliphatic rings. The van der Waals surface area contributed by atoms with Crippen LogP contribution in [0.1, 0.15) is 37.0 Å². The fourth-order valence-corrected chi connectivity index (χ4v) is 3.92. The molecule has 0 aromatic heterocycles. The predicted octanol–water partition coefficient (Wildman–Crippen LogP) is 3.52. The number of halogens is 1. The van der Waals surface area contributed by atoms with Crippen molar-refractivity contribution >= 4 is 11.8 Å². The Morgan fingerprint density at radius 3 is 2.79 bits per heavy atom. The normalized spacial score (nSPS) is 20.2. The van der Waals surface area contributed by atoms with Crippen LogP contribution in [0, 0.1) is 5.82 Å². The van der Waals surface area contributed by atoms with E-state index in [1.165, 1.54) is 6.07 Å². The standard InChI is InChI=1S/C15H22FNOS/c1-2-14(17)15(11-4-3-5-12(16)10-11)19-13-6-8-18-9-7-13/h3-5,10,13-15H,2,6-9,17H2,1H3. The summed E-state index contributed by atoms with van der Waals surface area (Å²) in [6.45, 7) is 3.74. The van der Waals surface area contributed by atoms with Crippen molar-refractivity contribution in [2.75, 3.05) is 13.2 Å². The Labute approximate surface area is 118 Å². The topological polar surface area (TPSA) is 35.2 Å². The van der Waals surface area contributed by atoms with Crippen LogP contribution in [0.3, 0.4) is 0 Å². The van der Waals surface area contributed by atoms with Gasteiger partial charge in [-0.3, -0.25) is 0 Å². The van der Waals surface area contributed by atoms with Gasteiger partial charge < -0.3 is 10.5 Å². The fourth-order valence-electron chi connectivity index (χ4n) is 2.34. The first-order chi connectivity index (χ1) is 9.20. The molecule has 0 spiro atoms. The third-order valence-corrected chi connectivity index (χ3v) is 5.32. The summed E-state index contributed by atoms with van der Waals surface area (Å²) in [7, 11) is 0. The molecule has 4 heteroatoms. The molecule has 0 aliphatic carbocycles. The summed E-state index contributed by atoms with van der Waals surface area (Å²) in [5.74, 6) is -0.182. The van der Waals surface area contributed by atoms with Gasteiger partial charge in [-0.25, -0.2) is 4.39 Å². The van der Waals surface area contributed by atoms with E-state index < -0.39 is 0 Å². The molecule has 1 aromatic carbocycles. The van der Waals surface area contributed by atoms with E-state index in [0.29, 0.717) is 5.25 Å². The highest BCUT2D eigenvalue weighted by atomic mass is 32.2. The Morgan fingerprint density at radius 1 is 1.42 bits per heavy atom. The SMILES string of the molecule is CCC(N)C(SC1CCOCC1)c1cccc(F)c1. The molecule has 1 aliphatic heterocycles. The third-order valence-electron chi connectivity index (χ3n) is 3.54. The highest BCUT2D eigenvalue weighted by Gasteiger charge is 2.25. The number of nitrogens with two attached hydrogens (primary N) is 1. The third kappa shape index (κ3) is 4.20. The lowest BCUT2D eigenvalue weighted by Gasteiger charge is -2.29. The maximum atomic E-state index is 13.4. The molecule has 1 saturated heterocycles. The van der Waals surface area contributed by atoms with Gasteiger partial charge >= 0.3 is 0 Å². The first kappa shape index (κ1) is 14.8. The Morgan fingerprint density at radius 2 is 2.16 bits per heavy atom. The molecule has 106 valence electrons. The van der Waals surface area contributed by atoms with Crippen LogP contribution in [0.4, 0.5) is 4.39 Å². The average Bonchev–Trinajstić information content (AvgIpc) is 2.45. The van der Waals surface area contributed by atoms with E-state index in [9.17, 15) is 4.39 Å². The molecule has 2 N–H and O–H groups in total. The number of hydrogen-bond acceptors (Lipinski definition) is 3. The Bertz CT molecular complexity index is 395. The molecule has 1 aromatic rings. The minimum Gasteiger partial charge on any atom is -0.381 e. The van der Waals surface area contributed by atoms with E-state index in [0.717, 1.165) is 38.0 Å². The molecule has 1 heterocycles. The summed E-state index contributed by atoms with van der Waals surface area (Å²) in [6, 6.07) is 6.92. The van der Waals surface area contributed by atoms with Crippen LogP contribution in [0.15, 0.2) is 24.3 Å². The molecule has 19 heavy (non-hydrogen) atoms. The summed E-state index contributed by atoms with van der Waals surface area (Å²) >= 11 is 1.89. The lowest BCUT2D eigenvalue weighted by Crippen LogP contribution is -2.29. The summed E-state index contributed by atoms with van der Waals surface area (Å²) in [5.41, 5.74) is 7.25. The number of benzene rings is 1. The maximum Gasteiger partial charge on any atom is 0.123 e. The van der Waals surface area contributed by atoms with Gasteiger partial charge in [0, 0.05) is 29.8 Å². The molecule has 0 bridgehead atoms. The first-order valence-corrected chi connectivity index (χ1v) is 7.89. The first-order valence-electron chi connectivity index (χ1n) is 6.95. The molecule has 2 rings (SSSR count). The lowest BCUT2D eigenvalue weighted by molar-refractivity contribution is 0.0999. The van der Waals surface area contributed by atoms with Crippen molar-refractivity contribution < 1.29 is 9.13 Å². The van der Waals surface area contributed by atoms with Crippen molar-refractivity contribution in [3.8, 4) is 0 Å². The Balaban J connectivity index is 2.11. The van der Waals surface area contributed by atoms with Gasteiger partial charge in [0.2, 0.25) is 0 Å². The van der Waals surface area contributed by atoms with Crippen molar-refractivity contribution in [2.24, 2.45) is 5.73 Å². The van der Waals surface area contributed by atoms with Crippen LogP contribution in [-0.4, -0.2) is 24.5 Å². The number of rotatable bonds is 5. The zero-order valence-corrected chi connectivity index (χ0v) is 12.2. The zero-order valence-electron chi connectivity index (χ0n) is 11.3. The second kappa shape index (κ2) is 7.27. The largest absolute Gasteiger partial charge is 0.381 e. The highest BCUT2D eigenvalue weighted by Crippen LogP contribution is 2.38. The number of thioether (sulfide) groups is 1. The van der Waals surface area contributed by atoms with E-state index in [2.05, 4.69) is 6.92 Å². The van der Waals surface area contributed by atoms with Crippen molar-refractivity contribution in [3.05, 3.63) is 35.6 Å². The van der Waals surface area contributed by atoms with E-state index in [-0.39, 0.29) is 17.1 Å². The molecule has 1 fully saturated rings. The second-order valence-corrected chi connectivity index (χ2v) is 6.44. The van der Waals surface area contributed by atoms with Gasteiger partial charge in [-0.1, -0.05) is 19.1 Å². The average molecular weight is 283 g/mol. The Kier molecular flexibility index (Phi) is 5.67.